The molecule has 13 heavy (non-hydrogen) atoms. The van der Waals surface area contributed by atoms with Crippen molar-refractivity contribution in [2.24, 2.45) is 0 Å². The van der Waals surface area contributed by atoms with Crippen LogP contribution in [0.5, 0.6) is 0 Å². The van der Waals surface area contributed by atoms with Crippen LogP contribution in [0, 0.1) is 0 Å². The summed E-state index contributed by atoms with van der Waals surface area (Å²) in [5.74, 6) is -1.61. The molecule has 0 bridgehead atoms. The molecule has 4 heteroatoms. The quantitative estimate of drug-likeness (QED) is 0.321. The van der Waals surface area contributed by atoms with E-state index in [9.17, 15) is 9.59 Å². The van der Waals surface area contributed by atoms with Gasteiger partial charge in [0.25, 0.3) is 5.78 Å². The first kappa shape index (κ1) is 9.74. The van der Waals surface area contributed by atoms with Gasteiger partial charge in [0.15, 0.2) is 6.07 Å². The van der Waals surface area contributed by atoms with Gasteiger partial charge < -0.3 is 4.74 Å². The molecule has 0 heterocycles. The average molecular weight is 199 g/mol. The van der Waals surface area contributed by atoms with Crippen LogP contribution in [0.1, 0.15) is 10.4 Å². The monoisotopic (exact) mass is 198 g/mol. The molecule has 0 aliphatic carbocycles. The summed E-state index contributed by atoms with van der Waals surface area (Å²) in [4.78, 5) is 22.1. The molecular weight excluding hydrogens is 192 g/mol. The lowest BCUT2D eigenvalue weighted by Crippen LogP contribution is -2.16. The van der Waals surface area contributed by atoms with E-state index >= 15 is 0 Å². The molecule has 68 valence electrons. The Hall–Kier alpha value is -1.35. The largest absolute Gasteiger partial charge is 0.443 e. The lowest BCUT2D eigenvalue weighted by atomic mass is 10.1. The van der Waals surface area contributed by atoms with Crippen LogP contribution in [0.3, 0.4) is 0 Å². The number of hydrogen-bond donors (Lipinski definition) is 0. The van der Waals surface area contributed by atoms with Crippen molar-refractivity contribution in [2.75, 3.05) is 6.07 Å². The van der Waals surface area contributed by atoms with Gasteiger partial charge in [-0.2, -0.15) is 0 Å². The third-order valence-electron chi connectivity index (χ3n) is 1.41. The molecule has 0 N–H and O–H groups in total. The van der Waals surface area contributed by atoms with Crippen LogP contribution in [0.2, 0.25) is 0 Å². The summed E-state index contributed by atoms with van der Waals surface area (Å²) in [6.07, 6.45) is 0. The van der Waals surface area contributed by atoms with E-state index in [4.69, 9.17) is 11.6 Å². The number of alkyl halides is 1. The number of esters is 1. The summed E-state index contributed by atoms with van der Waals surface area (Å²) in [5, 5.41) is 0. The number of Topliss-reactive ketones (excluding diaryl/α,β-unsaturated/α-hetero) is 1. The van der Waals surface area contributed by atoms with E-state index in [2.05, 4.69) is 4.74 Å². The molecular formula is C9H7ClO3. The van der Waals surface area contributed by atoms with Gasteiger partial charge in [0.2, 0.25) is 0 Å². The standard InChI is InChI=1S/C9H7ClO3/c10-6-13-9(12)8(11)7-4-2-1-3-5-7/h1-5H,6H2. The highest BCUT2D eigenvalue weighted by Gasteiger charge is 2.16. The zero-order chi connectivity index (χ0) is 9.68. The minimum atomic E-state index is -0.929. The number of benzene rings is 1. The third kappa shape index (κ3) is 2.56. The smallest absolute Gasteiger partial charge is 0.380 e. The highest BCUT2D eigenvalue weighted by molar-refractivity contribution is 6.41. The van der Waals surface area contributed by atoms with E-state index in [1.165, 1.54) is 12.1 Å². The first-order valence-electron chi connectivity index (χ1n) is 3.58. The SMILES string of the molecule is O=C(OCCl)C(=O)c1ccccc1. The van der Waals surface area contributed by atoms with Gasteiger partial charge in [-0.3, -0.25) is 4.79 Å². The first-order valence-corrected chi connectivity index (χ1v) is 4.11. The Kier molecular flexibility index (Phi) is 3.46. The van der Waals surface area contributed by atoms with E-state index in [0.717, 1.165) is 0 Å². The second kappa shape index (κ2) is 4.62. The first-order chi connectivity index (χ1) is 6.25. The van der Waals surface area contributed by atoms with Crippen molar-refractivity contribution in [3.63, 3.8) is 0 Å². The molecule has 0 saturated carbocycles. The van der Waals surface area contributed by atoms with Gasteiger partial charge in [-0.15, -0.1) is 0 Å². The number of carbonyl (C=O) groups excluding carboxylic acids is 2. The maximum absolute atomic E-state index is 11.2. The summed E-state index contributed by atoms with van der Waals surface area (Å²) in [5.41, 5.74) is 0.303. The zero-order valence-electron chi connectivity index (χ0n) is 6.70. The van der Waals surface area contributed by atoms with Gasteiger partial charge >= 0.3 is 5.97 Å². The average Bonchev–Trinajstić information content (AvgIpc) is 2.18. The topological polar surface area (TPSA) is 43.4 Å². The molecule has 0 aromatic heterocycles. The summed E-state index contributed by atoms with van der Waals surface area (Å²) in [6, 6.07) is 7.86. The van der Waals surface area contributed by atoms with E-state index in [-0.39, 0.29) is 6.07 Å². The summed E-state index contributed by atoms with van der Waals surface area (Å²) >= 11 is 5.13. The fraction of sp³-hybridized carbons (Fsp3) is 0.111. The Morgan fingerprint density at radius 1 is 1.23 bits per heavy atom. The second-order valence-corrected chi connectivity index (χ2v) is 2.45. The predicted molar refractivity (Wildman–Crippen MR) is 47.6 cm³/mol. The molecule has 0 radical (unpaired) electrons. The Morgan fingerprint density at radius 2 is 1.85 bits per heavy atom. The van der Waals surface area contributed by atoms with E-state index in [1.807, 2.05) is 0 Å². The molecule has 0 aliphatic rings. The molecule has 0 aliphatic heterocycles. The third-order valence-corrected chi connectivity index (χ3v) is 1.52. The molecule has 0 fully saturated rings. The number of ketones is 1. The summed E-state index contributed by atoms with van der Waals surface area (Å²) in [7, 11) is 0. The van der Waals surface area contributed by atoms with Gasteiger partial charge in [0.1, 0.15) is 0 Å². The van der Waals surface area contributed by atoms with E-state index in [1.54, 1.807) is 18.2 Å². The van der Waals surface area contributed by atoms with Gasteiger partial charge in [0, 0.05) is 5.56 Å². The van der Waals surface area contributed by atoms with Crippen molar-refractivity contribution in [1.82, 2.24) is 0 Å². The Morgan fingerprint density at radius 3 is 2.38 bits per heavy atom. The van der Waals surface area contributed by atoms with Crippen LogP contribution in [0.15, 0.2) is 30.3 Å². The van der Waals surface area contributed by atoms with Gasteiger partial charge in [-0.05, 0) is 0 Å². The molecule has 3 nitrogen and oxygen atoms in total. The van der Waals surface area contributed by atoms with E-state index in [0.29, 0.717) is 5.56 Å². The van der Waals surface area contributed by atoms with Crippen molar-refractivity contribution in [2.45, 2.75) is 0 Å². The predicted octanol–water partition coefficient (Wildman–Crippen LogP) is 1.61. The fourth-order valence-electron chi connectivity index (χ4n) is 0.822. The molecule has 1 aromatic carbocycles. The number of hydrogen-bond acceptors (Lipinski definition) is 3. The van der Waals surface area contributed by atoms with Crippen LogP contribution in [-0.4, -0.2) is 17.8 Å². The van der Waals surface area contributed by atoms with Crippen LogP contribution >= 0.6 is 11.6 Å². The highest BCUT2D eigenvalue weighted by Crippen LogP contribution is 2.01. The molecule has 0 amide bonds. The molecule has 1 rings (SSSR count). The van der Waals surface area contributed by atoms with Crippen molar-refractivity contribution in [3.05, 3.63) is 35.9 Å². The minimum absolute atomic E-state index is 0.303. The highest BCUT2D eigenvalue weighted by atomic mass is 35.5. The van der Waals surface area contributed by atoms with Crippen molar-refractivity contribution < 1.29 is 14.3 Å². The molecule has 0 unspecified atom stereocenters. The number of halogens is 1. The second-order valence-electron chi connectivity index (χ2n) is 2.24. The normalized spacial score (nSPS) is 9.31. The van der Waals surface area contributed by atoms with Crippen LogP contribution < -0.4 is 0 Å². The lowest BCUT2D eigenvalue weighted by Gasteiger charge is -1.98. The van der Waals surface area contributed by atoms with Gasteiger partial charge in [0.05, 0.1) is 0 Å². The lowest BCUT2D eigenvalue weighted by molar-refractivity contribution is -0.136. The maximum atomic E-state index is 11.2. The van der Waals surface area contributed by atoms with E-state index < -0.39 is 11.8 Å². The number of rotatable bonds is 3. The van der Waals surface area contributed by atoms with Crippen LogP contribution in [0.4, 0.5) is 0 Å². The number of ether oxygens (including phenoxy) is 1. The number of carbonyl (C=O) groups is 2. The maximum Gasteiger partial charge on any atom is 0.380 e. The molecule has 0 spiro atoms. The molecule has 0 atom stereocenters. The van der Waals surface area contributed by atoms with Crippen molar-refractivity contribution >= 4 is 23.4 Å². The molecule has 0 saturated heterocycles. The van der Waals surface area contributed by atoms with Gasteiger partial charge in [-0.25, -0.2) is 4.79 Å². The summed E-state index contributed by atoms with van der Waals surface area (Å²) < 4.78 is 4.34. The van der Waals surface area contributed by atoms with Crippen molar-refractivity contribution in [3.8, 4) is 0 Å². The zero-order valence-corrected chi connectivity index (χ0v) is 7.45. The minimum Gasteiger partial charge on any atom is -0.443 e. The Bertz CT molecular complexity index is 308. The Labute approximate surface area is 80.3 Å². The Balaban J connectivity index is 2.74. The summed E-state index contributed by atoms with van der Waals surface area (Å²) in [6.45, 7) is 0. The van der Waals surface area contributed by atoms with Crippen LogP contribution in [0.25, 0.3) is 0 Å². The van der Waals surface area contributed by atoms with Crippen molar-refractivity contribution in [1.29, 1.82) is 0 Å². The fourth-order valence-corrected chi connectivity index (χ4v) is 0.922. The van der Waals surface area contributed by atoms with Gasteiger partial charge in [-0.1, -0.05) is 41.9 Å². The van der Waals surface area contributed by atoms with Crippen LogP contribution in [-0.2, 0) is 9.53 Å². The molecule has 1 aromatic rings.